The van der Waals surface area contributed by atoms with Gasteiger partial charge in [-0.05, 0) is 18.9 Å². The summed E-state index contributed by atoms with van der Waals surface area (Å²) in [6.07, 6.45) is 4.73. The van der Waals surface area contributed by atoms with Gasteiger partial charge >= 0.3 is 0 Å². The molecule has 0 saturated heterocycles. The second kappa shape index (κ2) is 3.20. The fraction of sp³-hybridized carbons (Fsp3) is 0.600. The van der Waals surface area contributed by atoms with Crippen LogP contribution in [0.1, 0.15) is 29.8 Å². The van der Waals surface area contributed by atoms with Crippen LogP contribution < -0.4 is 5.73 Å². The Labute approximate surface area is 83.1 Å². The van der Waals surface area contributed by atoms with E-state index in [1.807, 2.05) is 7.05 Å². The molecule has 0 amide bonds. The molecule has 1 fully saturated rings. The quantitative estimate of drug-likeness (QED) is 0.720. The zero-order valence-electron chi connectivity index (χ0n) is 8.36. The summed E-state index contributed by atoms with van der Waals surface area (Å²) in [4.78, 5) is 12.0. The Kier molecular flexibility index (Phi) is 2.15. The maximum absolute atomic E-state index is 12.0. The highest BCUT2D eigenvalue weighted by atomic mass is 16.1. The van der Waals surface area contributed by atoms with Crippen molar-refractivity contribution in [1.29, 1.82) is 0 Å². The normalized spacial score (nSPS) is 19.0. The number of Topliss-reactive ketones (excluding diaryl/α,β-unsaturated/α-hetero) is 1. The average Bonchev–Trinajstić information content (AvgIpc) is 2.50. The minimum atomic E-state index is -0.297. The van der Waals surface area contributed by atoms with Crippen LogP contribution in [-0.4, -0.2) is 22.1 Å². The van der Waals surface area contributed by atoms with Gasteiger partial charge in [0, 0.05) is 25.2 Å². The lowest BCUT2D eigenvalue weighted by Gasteiger charge is -2.38. The lowest BCUT2D eigenvalue weighted by Crippen LogP contribution is -2.44. The highest BCUT2D eigenvalue weighted by Crippen LogP contribution is 2.42. The number of aromatic nitrogens is 2. The van der Waals surface area contributed by atoms with Gasteiger partial charge in [0.05, 0.1) is 0 Å². The summed E-state index contributed by atoms with van der Waals surface area (Å²) < 4.78 is 1.65. The Hall–Kier alpha value is -1.16. The standard InChI is InChI=1S/C10H15N3O/c1-13-6-3-8(12-13)9(14)10(7-11)4-2-5-10/h3,6H,2,4-5,7,11H2,1H3. The van der Waals surface area contributed by atoms with Crippen molar-refractivity contribution < 1.29 is 4.79 Å². The molecular formula is C10H15N3O. The molecule has 2 rings (SSSR count). The van der Waals surface area contributed by atoms with E-state index >= 15 is 0 Å². The first kappa shape index (κ1) is 9.40. The smallest absolute Gasteiger partial charge is 0.190 e. The van der Waals surface area contributed by atoms with E-state index in [1.54, 1.807) is 16.9 Å². The topological polar surface area (TPSA) is 60.9 Å². The van der Waals surface area contributed by atoms with Crippen LogP contribution in [0.5, 0.6) is 0 Å². The van der Waals surface area contributed by atoms with Crippen LogP contribution in [0.4, 0.5) is 0 Å². The number of hydrogen-bond acceptors (Lipinski definition) is 3. The highest BCUT2D eigenvalue weighted by Gasteiger charge is 2.43. The predicted octanol–water partition coefficient (Wildman–Crippen LogP) is 0.732. The SMILES string of the molecule is Cn1ccc(C(=O)C2(CN)CCC2)n1. The van der Waals surface area contributed by atoms with E-state index in [0.29, 0.717) is 12.2 Å². The van der Waals surface area contributed by atoms with Gasteiger partial charge in [-0.1, -0.05) is 6.42 Å². The lowest BCUT2D eigenvalue weighted by molar-refractivity contribution is 0.0629. The predicted molar refractivity (Wildman–Crippen MR) is 52.9 cm³/mol. The molecule has 76 valence electrons. The van der Waals surface area contributed by atoms with Crippen LogP contribution in [0.2, 0.25) is 0 Å². The third kappa shape index (κ3) is 1.26. The monoisotopic (exact) mass is 193 g/mol. The molecule has 1 heterocycles. The molecule has 1 aliphatic rings. The molecular weight excluding hydrogens is 178 g/mol. The molecule has 4 heteroatoms. The van der Waals surface area contributed by atoms with Crippen LogP contribution in [0.15, 0.2) is 12.3 Å². The first-order valence-electron chi connectivity index (χ1n) is 4.92. The highest BCUT2D eigenvalue weighted by molar-refractivity contribution is 5.99. The maximum Gasteiger partial charge on any atom is 0.190 e. The van der Waals surface area contributed by atoms with Crippen molar-refractivity contribution in [3.05, 3.63) is 18.0 Å². The molecule has 14 heavy (non-hydrogen) atoms. The second-order valence-electron chi connectivity index (χ2n) is 4.04. The third-order valence-electron chi connectivity index (χ3n) is 3.13. The summed E-state index contributed by atoms with van der Waals surface area (Å²) in [5.74, 6) is 0.117. The van der Waals surface area contributed by atoms with Gasteiger partial charge in [-0.2, -0.15) is 5.10 Å². The van der Waals surface area contributed by atoms with Gasteiger partial charge in [0.1, 0.15) is 5.69 Å². The zero-order valence-corrected chi connectivity index (χ0v) is 8.36. The van der Waals surface area contributed by atoms with E-state index in [-0.39, 0.29) is 11.2 Å². The van der Waals surface area contributed by atoms with Crippen molar-refractivity contribution in [3.63, 3.8) is 0 Å². The van der Waals surface area contributed by atoms with E-state index in [9.17, 15) is 4.79 Å². The number of aryl methyl sites for hydroxylation is 1. The number of ketones is 1. The van der Waals surface area contributed by atoms with Crippen molar-refractivity contribution in [2.75, 3.05) is 6.54 Å². The Morgan fingerprint density at radius 1 is 1.71 bits per heavy atom. The minimum Gasteiger partial charge on any atom is -0.329 e. The number of rotatable bonds is 3. The van der Waals surface area contributed by atoms with Gasteiger partial charge < -0.3 is 5.73 Å². The van der Waals surface area contributed by atoms with Gasteiger partial charge in [-0.25, -0.2) is 0 Å². The summed E-state index contributed by atoms with van der Waals surface area (Å²) in [5, 5.41) is 4.12. The van der Waals surface area contributed by atoms with Gasteiger partial charge in [0.15, 0.2) is 5.78 Å². The molecule has 0 atom stereocenters. The Bertz CT molecular complexity index is 346. The molecule has 0 spiro atoms. The molecule has 1 saturated carbocycles. The number of nitrogens with two attached hydrogens (primary N) is 1. The summed E-state index contributed by atoms with van der Waals surface area (Å²) in [6, 6.07) is 1.76. The molecule has 1 aromatic rings. The van der Waals surface area contributed by atoms with E-state index in [0.717, 1.165) is 19.3 Å². The molecule has 0 aliphatic heterocycles. The zero-order chi connectivity index (χ0) is 10.2. The third-order valence-corrected chi connectivity index (χ3v) is 3.13. The van der Waals surface area contributed by atoms with Gasteiger partial charge in [0.2, 0.25) is 0 Å². The molecule has 0 bridgehead atoms. The minimum absolute atomic E-state index is 0.117. The summed E-state index contributed by atoms with van der Waals surface area (Å²) in [6.45, 7) is 0.447. The summed E-state index contributed by atoms with van der Waals surface area (Å²) >= 11 is 0. The first-order chi connectivity index (χ1) is 6.68. The Balaban J connectivity index is 2.23. The molecule has 4 nitrogen and oxygen atoms in total. The molecule has 0 radical (unpaired) electrons. The summed E-state index contributed by atoms with van der Waals surface area (Å²) in [7, 11) is 1.81. The van der Waals surface area contributed by atoms with Gasteiger partial charge in [-0.15, -0.1) is 0 Å². The van der Waals surface area contributed by atoms with Crippen molar-refractivity contribution >= 4 is 5.78 Å². The lowest BCUT2D eigenvalue weighted by atomic mass is 9.65. The van der Waals surface area contributed by atoms with Crippen molar-refractivity contribution in [2.24, 2.45) is 18.2 Å². The molecule has 2 N–H and O–H groups in total. The number of hydrogen-bond donors (Lipinski definition) is 1. The molecule has 0 aromatic carbocycles. The van der Waals surface area contributed by atoms with E-state index < -0.39 is 0 Å². The van der Waals surface area contributed by atoms with Crippen LogP contribution in [-0.2, 0) is 7.05 Å². The van der Waals surface area contributed by atoms with Crippen molar-refractivity contribution in [3.8, 4) is 0 Å². The Morgan fingerprint density at radius 3 is 2.79 bits per heavy atom. The summed E-state index contributed by atoms with van der Waals surface area (Å²) in [5.41, 5.74) is 5.91. The van der Waals surface area contributed by atoms with Crippen LogP contribution in [0.25, 0.3) is 0 Å². The Morgan fingerprint density at radius 2 is 2.43 bits per heavy atom. The fourth-order valence-electron chi connectivity index (χ4n) is 1.94. The van der Waals surface area contributed by atoms with E-state index in [2.05, 4.69) is 5.10 Å². The number of nitrogens with zero attached hydrogens (tertiary/aromatic N) is 2. The maximum atomic E-state index is 12.0. The molecule has 0 unspecified atom stereocenters. The average molecular weight is 193 g/mol. The largest absolute Gasteiger partial charge is 0.329 e. The van der Waals surface area contributed by atoms with Crippen molar-refractivity contribution in [2.45, 2.75) is 19.3 Å². The first-order valence-corrected chi connectivity index (χ1v) is 4.92. The molecule has 1 aromatic heterocycles. The fourth-order valence-corrected chi connectivity index (χ4v) is 1.94. The van der Waals surface area contributed by atoms with E-state index in [4.69, 9.17) is 5.73 Å². The van der Waals surface area contributed by atoms with Crippen LogP contribution in [0.3, 0.4) is 0 Å². The van der Waals surface area contributed by atoms with Crippen molar-refractivity contribution in [1.82, 2.24) is 9.78 Å². The molecule has 1 aliphatic carbocycles. The van der Waals surface area contributed by atoms with Crippen LogP contribution in [0, 0.1) is 5.41 Å². The number of carbonyl (C=O) groups excluding carboxylic acids is 1. The van der Waals surface area contributed by atoms with E-state index in [1.165, 1.54) is 0 Å². The number of carbonyl (C=O) groups is 1. The van der Waals surface area contributed by atoms with Gasteiger partial charge in [0.25, 0.3) is 0 Å². The second-order valence-corrected chi connectivity index (χ2v) is 4.04. The van der Waals surface area contributed by atoms with Crippen LogP contribution >= 0.6 is 0 Å². The van der Waals surface area contributed by atoms with Gasteiger partial charge in [-0.3, -0.25) is 9.48 Å².